The second kappa shape index (κ2) is 13.0. The summed E-state index contributed by atoms with van der Waals surface area (Å²) in [6, 6.07) is 39.1. The van der Waals surface area contributed by atoms with Crippen LogP contribution in [0, 0.1) is 12.1 Å². The monoisotopic (exact) mass is 887 g/mol. The molecule has 0 N–H and O–H groups in total. The maximum atomic E-state index is 13.0. The number of nitrogens with zero attached hydrogens (tertiary/aromatic N) is 2. The van der Waals surface area contributed by atoms with Crippen molar-refractivity contribution in [2.75, 3.05) is 0 Å². The van der Waals surface area contributed by atoms with Crippen molar-refractivity contribution in [1.82, 2.24) is 9.97 Å². The van der Waals surface area contributed by atoms with E-state index in [0.29, 0.717) is 20.3 Å². The molecule has 0 atom stereocenters. The molecule has 0 amide bonds. The molecular formula is C37H25F3IrN2SSeSi-2. The molecule has 0 aliphatic carbocycles. The standard InChI is InChI=1S/C19H16NSeSi.C18H9F3NS.Ir/c1-22(2)18-12-4-3-10-16(18)21-17-11-7-8-14(19(17)22)15-9-5-6-13-20-15;19-18(20,21)11-7-8-16-14(10-11)12-4-3-5-13(17(12)23-16)15-6-1-2-9-22-15;/h3-7,9-13H,1-2H3;1-4,6-10H;/q2*-1;. The number of hydrogen-bond acceptors (Lipinski definition) is 3. The normalized spacial score (nSPS) is 13.2. The topological polar surface area (TPSA) is 25.8 Å². The minimum absolute atomic E-state index is 0. The fourth-order valence-electron chi connectivity index (χ4n) is 5.84. The predicted octanol–water partition coefficient (Wildman–Crippen LogP) is 7.27. The van der Waals surface area contributed by atoms with Crippen LogP contribution in [0.15, 0.2) is 116 Å². The van der Waals surface area contributed by atoms with Crippen LogP contribution in [-0.4, -0.2) is 33.0 Å². The molecule has 0 fully saturated rings. The number of alkyl halides is 3. The Morgan fingerprint density at radius 1 is 0.717 bits per heavy atom. The summed E-state index contributed by atoms with van der Waals surface area (Å²) in [5, 5.41) is 4.54. The first-order chi connectivity index (χ1) is 21.7. The number of hydrogen-bond donors (Lipinski definition) is 0. The number of fused-ring (bicyclic) bond motifs is 5. The Kier molecular flexibility index (Phi) is 9.19. The van der Waals surface area contributed by atoms with Crippen molar-refractivity contribution in [3.05, 3.63) is 133 Å². The molecule has 0 saturated carbocycles. The van der Waals surface area contributed by atoms with E-state index in [1.54, 1.807) is 28.0 Å². The number of thiophene rings is 1. The van der Waals surface area contributed by atoms with Gasteiger partial charge in [0.25, 0.3) is 0 Å². The van der Waals surface area contributed by atoms with Crippen molar-refractivity contribution < 1.29 is 33.3 Å². The molecule has 0 unspecified atom stereocenters. The summed E-state index contributed by atoms with van der Waals surface area (Å²) >= 11 is 1.85. The zero-order valence-electron chi connectivity index (χ0n) is 24.6. The second-order valence-corrected chi connectivity index (χ2v) is 18.8. The summed E-state index contributed by atoms with van der Waals surface area (Å²) in [5.74, 6) is 0. The molecular weight excluding hydrogens is 861 g/mol. The van der Waals surface area contributed by atoms with Gasteiger partial charge in [-0.05, 0) is 40.0 Å². The average molecular weight is 886 g/mol. The molecule has 1 aliphatic heterocycles. The summed E-state index contributed by atoms with van der Waals surface area (Å²) in [7, 11) is -1.71. The molecule has 0 saturated heterocycles. The molecule has 7 aromatic rings. The van der Waals surface area contributed by atoms with Crippen LogP contribution in [0.4, 0.5) is 13.2 Å². The summed E-state index contributed by atoms with van der Waals surface area (Å²) in [5.41, 5.74) is 3.22. The Labute approximate surface area is 290 Å². The third kappa shape index (κ3) is 6.04. The first kappa shape index (κ1) is 32.5. The van der Waals surface area contributed by atoms with Gasteiger partial charge in [0.15, 0.2) is 0 Å². The van der Waals surface area contributed by atoms with Crippen LogP contribution >= 0.6 is 11.3 Å². The van der Waals surface area contributed by atoms with Gasteiger partial charge in [-0.25, -0.2) is 0 Å². The van der Waals surface area contributed by atoms with Gasteiger partial charge in [-0.3, -0.25) is 0 Å². The minimum atomic E-state index is -4.34. The Bertz CT molecular complexity index is 2170. The first-order valence-electron chi connectivity index (χ1n) is 14.3. The van der Waals surface area contributed by atoms with E-state index in [-0.39, 0.29) is 20.1 Å². The second-order valence-electron chi connectivity index (χ2n) is 11.2. The van der Waals surface area contributed by atoms with Gasteiger partial charge in [-0.2, -0.15) is 24.5 Å². The van der Waals surface area contributed by atoms with Crippen LogP contribution in [0.2, 0.25) is 13.1 Å². The fourth-order valence-corrected chi connectivity index (χ4v) is 15.7. The summed E-state index contributed by atoms with van der Waals surface area (Å²) in [6.07, 6.45) is -0.775. The van der Waals surface area contributed by atoms with Crippen molar-refractivity contribution in [1.29, 1.82) is 0 Å². The van der Waals surface area contributed by atoms with Crippen LogP contribution in [0.1, 0.15) is 5.56 Å². The van der Waals surface area contributed by atoms with Crippen LogP contribution in [0.3, 0.4) is 0 Å². The van der Waals surface area contributed by atoms with Crippen molar-refractivity contribution >= 4 is 73.8 Å². The smallest absolute Gasteiger partial charge is 0.305 e. The average Bonchev–Trinajstić information content (AvgIpc) is 3.44. The number of aromatic nitrogens is 2. The van der Waals surface area contributed by atoms with Crippen molar-refractivity contribution in [2.45, 2.75) is 19.3 Å². The summed E-state index contributed by atoms with van der Waals surface area (Å²) < 4.78 is 43.7. The molecule has 9 heteroatoms. The Balaban J connectivity index is 0.000000158. The molecule has 8 rings (SSSR count). The van der Waals surface area contributed by atoms with Gasteiger partial charge < -0.3 is 4.98 Å². The van der Waals surface area contributed by atoms with Gasteiger partial charge in [0, 0.05) is 31.0 Å². The molecule has 0 spiro atoms. The zero-order chi connectivity index (χ0) is 31.2. The molecule has 231 valence electrons. The predicted molar refractivity (Wildman–Crippen MR) is 183 cm³/mol. The van der Waals surface area contributed by atoms with Crippen LogP contribution < -0.4 is 19.3 Å². The molecule has 2 nitrogen and oxygen atoms in total. The fraction of sp³-hybridized carbons (Fsp3) is 0.0811. The van der Waals surface area contributed by atoms with Gasteiger partial charge in [0.05, 0.1) is 5.56 Å². The molecule has 4 aromatic carbocycles. The van der Waals surface area contributed by atoms with E-state index in [0.717, 1.165) is 37.8 Å². The van der Waals surface area contributed by atoms with Crippen molar-refractivity contribution in [3.63, 3.8) is 0 Å². The van der Waals surface area contributed by atoms with E-state index in [9.17, 15) is 13.2 Å². The maximum Gasteiger partial charge on any atom is 0.416 e. The molecule has 1 aliphatic rings. The SMILES string of the molecule is C[Si]1(C)c2ccccc2[Se]c2cc[c-]c(-c3ccccn3)c21.FC(F)(F)c1ccc2sc3c(-c4ccccn4)[c-]ccc3c2c1.[Ir]. The van der Waals surface area contributed by atoms with Crippen LogP contribution in [-0.2, 0) is 26.3 Å². The largest absolute Gasteiger partial charge is 0.416 e. The summed E-state index contributed by atoms with van der Waals surface area (Å²) in [4.78, 5) is 8.90. The van der Waals surface area contributed by atoms with Gasteiger partial charge in [0.1, 0.15) is 0 Å². The van der Waals surface area contributed by atoms with E-state index in [1.165, 1.54) is 38.7 Å². The molecule has 46 heavy (non-hydrogen) atoms. The molecule has 0 bridgehead atoms. The molecule has 4 heterocycles. The first-order valence-corrected chi connectivity index (χ1v) is 19.8. The summed E-state index contributed by atoms with van der Waals surface area (Å²) in [6.45, 7) is 4.92. The number of halogens is 3. The van der Waals surface area contributed by atoms with E-state index in [1.807, 2.05) is 30.5 Å². The van der Waals surface area contributed by atoms with Crippen molar-refractivity contribution in [3.8, 4) is 22.5 Å². The number of pyridine rings is 2. The molecule has 1 radical (unpaired) electrons. The Hall–Kier alpha value is -3.42. The van der Waals surface area contributed by atoms with Gasteiger partial charge in [-0.15, -0.1) is 23.8 Å². The zero-order valence-corrected chi connectivity index (χ0v) is 30.6. The van der Waals surface area contributed by atoms with Crippen molar-refractivity contribution in [2.24, 2.45) is 0 Å². The van der Waals surface area contributed by atoms with Gasteiger partial charge in [0.2, 0.25) is 0 Å². The van der Waals surface area contributed by atoms with Crippen LogP contribution in [0.25, 0.3) is 42.7 Å². The van der Waals surface area contributed by atoms with Gasteiger partial charge in [-0.1, -0.05) is 17.5 Å². The third-order valence-corrected chi connectivity index (χ3v) is 15.9. The Morgan fingerprint density at radius 2 is 1.37 bits per heavy atom. The van der Waals surface area contributed by atoms with E-state index in [2.05, 4.69) is 83.7 Å². The molecule has 3 aromatic heterocycles. The Morgan fingerprint density at radius 3 is 2.07 bits per heavy atom. The number of rotatable bonds is 2. The minimum Gasteiger partial charge on any atom is -0.305 e. The number of benzene rings is 4. The van der Waals surface area contributed by atoms with Gasteiger partial charge >= 0.3 is 145 Å². The van der Waals surface area contributed by atoms with Crippen LogP contribution in [0.5, 0.6) is 0 Å². The maximum absolute atomic E-state index is 13.0. The van der Waals surface area contributed by atoms with E-state index in [4.69, 9.17) is 0 Å². The third-order valence-electron chi connectivity index (χ3n) is 7.96. The van der Waals surface area contributed by atoms with E-state index < -0.39 is 19.8 Å². The van der Waals surface area contributed by atoms with E-state index >= 15 is 0 Å². The quantitative estimate of drug-likeness (QED) is 0.135.